The summed E-state index contributed by atoms with van der Waals surface area (Å²) in [5.41, 5.74) is 5.14. The van der Waals surface area contributed by atoms with E-state index in [1.54, 1.807) is 52.3 Å². The number of carbonyl (C=O) groups excluding carboxylic acids is 1. The van der Waals surface area contributed by atoms with Gasteiger partial charge in [-0.1, -0.05) is 18.9 Å². The zero-order valence-corrected chi connectivity index (χ0v) is 23.5. The molecule has 1 amide bonds. The lowest BCUT2D eigenvalue weighted by Crippen LogP contribution is -2.28. The predicted octanol–water partition coefficient (Wildman–Crippen LogP) is 6.48. The molecule has 6 aromatic rings. The number of benzene rings is 3. The van der Waals surface area contributed by atoms with Crippen LogP contribution in [-0.4, -0.2) is 29.1 Å². The summed E-state index contributed by atoms with van der Waals surface area (Å²) in [5, 5.41) is 3.69. The van der Waals surface area contributed by atoms with Gasteiger partial charge in [0.1, 0.15) is 23.0 Å². The summed E-state index contributed by atoms with van der Waals surface area (Å²) in [6.07, 6.45) is 0. The minimum Gasteiger partial charge on any atom is -0.455 e. The highest BCUT2D eigenvalue weighted by Gasteiger charge is 2.26. The lowest BCUT2D eigenvalue weighted by Gasteiger charge is -2.23. The molecule has 1 aliphatic heterocycles. The maximum Gasteiger partial charge on any atom is 0.255 e. The van der Waals surface area contributed by atoms with Crippen LogP contribution in [0.25, 0.3) is 55.7 Å². The highest BCUT2D eigenvalue weighted by molar-refractivity contribution is 7.81. The van der Waals surface area contributed by atoms with Crippen molar-refractivity contribution in [2.75, 3.05) is 18.4 Å². The molecule has 0 radical (unpaired) electrons. The van der Waals surface area contributed by atoms with Gasteiger partial charge < -0.3 is 23.2 Å². The van der Waals surface area contributed by atoms with Gasteiger partial charge in [0.15, 0.2) is 0 Å². The molecule has 1 N–H and O–H groups in total. The van der Waals surface area contributed by atoms with E-state index in [0.29, 0.717) is 68.8 Å². The number of furan rings is 1. The Bertz CT molecular complexity index is 2130. The van der Waals surface area contributed by atoms with E-state index < -0.39 is 5.82 Å². The third kappa shape index (κ3) is 3.93. The van der Waals surface area contributed by atoms with Gasteiger partial charge >= 0.3 is 0 Å². The number of hydrogen-bond acceptors (Lipinski definition) is 5. The Morgan fingerprint density at radius 1 is 0.929 bits per heavy atom. The number of nitrogens with one attached hydrogen (secondary N) is 1. The van der Waals surface area contributed by atoms with Crippen molar-refractivity contribution in [3.05, 3.63) is 100 Å². The van der Waals surface area contributed by atoms with Gasteiger partial charge in [-0.3, -0.25) is 9.59 Å². The quantitative estimate of drug-likeness (QED) is 0.233. The molecular formula is C32H24F2N4O3S. The summed E-state index contributed by atoms with van der Waals surface area (Å²) in [7, 11) is 3.28. The average Bonchev–Trinajstić information content (AvgIpc) is 3.56. The number of thiol groups is 1. The number of aromatic nitrogens is 2. The average molecular weight is 583 g/mol. The van der Waals surface area contributed by atoms with Gasteiger partial charge in [0.2, 0.25) is 0 Å². The minimum atomic E-state index is -0.405. The van der Waals surface area contributed by atoms with Gasteiger partial charge in [-0.05, 0) is 60.2 Å². The van der Waals surface area contributed by atoms with Crippen LogP contribution >= 0.6 is 12.8 Å². The Balaban J connectivity index is 1.49. The molecule has 3 aromatic carbocycles. The van der Waals surface area contributed by atoms with Crippen LogP contribution in [0, 0.1) is 11.6 Å². The zero-order chi connectivity index (χ0) is 29.3. The topological polar surface area (TPSA) is 72.4 Å². The smallest absolute Gasteiger partial charge is 0.255 e. The Morgan fingerprint density at radius 3 is 2.40 bits per heavy atom. The van der Waals surface area contributed by atoms with Crippen molar-refractivity contribution in [1.29, 1.82) is 0 Å². The van der Waals surface area contributed by atoms with Gasteiger partial charge in [0, 0.05) is 61.2 Å². The number of nitrogens with zero attached hydrogens (tertiary/aromatic N) is 3. The molecule has 0 saturated carbocycles. The van der Waals surface area contributed by atoms with E-state index in [4.69, 9.17) is 4.42 Å². The van der Waals surface area contributed by atoms with Crippen molar-refractivity contribution >= 4 is 46.3 Å². The van der Waals surface area contributed by atoms with Crippen molar-refractivity contribution in [1.82, 2.24) is 14.5 Å². The van der Waals surface area contributed by atoms with Crippen molar-refractivity contribution < 1.29 is 18.0 Å². The summed E-state index contributed by atoms with van der Waals surface area (Å²) in [5.74, 6) is -0.796. The second-order valence-electron chi connectivity index (χ2n) is 10.3. The third-order valence-electron chi connectivity index (χ3n) is 7.86. The summed E-state index contributed by atoms with van der Waals surface area (Å²) < 4.78 is 39.9. The second kappa shape index (κ2) is 9.63. The Hall–Kier alpha value is -4.83. The lowest BCUT2D eigenvalue weighted by atomic mass is 9.98. The first-order chi connectivity index (χ1) is 20.2. The highest BCUT2D eigenvalue weighted by atomic mass is 32.1. The molecule has 7 rings (SSSR count). The van der Waals surface area contributed by atoms with Gasteiger partial charge in [-0.25, -0.2) is 8.78 Å². The molecule has 0 atom stereocenters. The first kappa shape index (κ1) is 26.1. The molecule has 3 aromatic heterocycles. The van der Waals surface area contributed by atoms with Crippen LogP contribution in [0.4, 0.5) is 14.5 Å². The monoisotopic (exact) mass is 582 g/mol. The van der Waals surface area contributed by atoms with Crippen LogP contribution < -0.4 is 15.2 Å². The molecule has 210 valence electrons. The number of pyridine rings is 1. The van der Waals surface area contributed by atoms with Crippen molar-refractivity contribution in [3.8, 4) is 33.8 Å². The fourth-order valence-electron chi connectivity index (χ4n) is 5.88. The van der Waals surface area contributed by atoms with Gasteiger partial charge in [0.25, 0.3) is 11.5 Å². The second-order valence-corrected chi connectivity index (χ2v) is 10.9. The number of halogens is 2. The highest BCUT2D eigenvalue weighted by Crippen LogP contribution is 2.42. The fourth-order valence-corrected chi connectivity index (χ4v) is 6.05. The third-order valence-corrected chi connectivity index (χ3v) is 8.07. The number of aryl methyl sites for hydroxylation is 1. The summed E-state index contributed by atoms with van der Waals surface area (Å²) in [4.78, 5) is 26.6. The number of rotatable bonds is 4. The Kier molecular flexibility index (Phi) is 5.98. The number of fused-ring (bicyclic) bond motifs is 6. The van der Waals surface area contributed by atoms with E-state index in [2.05, 4.69) is 18.1 Å². The maximum absolute atomic E-state index is 14.7. The first-order valence-corrected chi connectivity index (χ1v) is 13.7. The largest absolute Gasteiger partial charge is 0.455 e. The molecule has 0 spiro atoms. The number of carbonyl (C=O) groups is 1. The van der Waals surface area contributed by atoms with Crippen LogP contribution in [0.15, 0.2) is 82.0 Å². The maximum atomic E-state index is 14.7. The van der Waals surface area contributed by atoms with Crippen LogP contribution in [0.2, 0.25) is 0 Å². The van der Waals surface area contributed by atoms with E-state index in [-0.39, 0.29) is 17.3 Å². The molecule has 42 heavy (non-hydrogen) atoms. The Morgan fingerprint density at radius 2 is 1.67 bits per heavy atom. The molecule has 0 fully saturated rings. The minimum absolute atomic E-state index is 0.196. The van der Waals surface area contributed by atoms with E-state index >= 15 is 0 Å². The molecule has 0 unspecified atom stereocenters. The van der Waals surface area contributed by atoms with Gasteiger partial charge in [-0.15, -0.1) is 0 Å². The zero-order valence-electron chi connectivity index (χ0n) is 22.6. The summed E-state index contributed by atoms with van der Waals surface area (Å²) >= 11 is 4.56. The first-order valence-electron chi connectivity index (χ1n) is 13.3. The summed E-state index contributed by atoms with van der Waals surface area (Å²) in [6, 6.07) is 19.5. The Labute approximate surface area is 244 Å². The number of anilines is 1. The van der Waals surface area contributed by atoms with E-state index in [0.717, 1.165) is 11.2 Å². The van der Waals surface area contributed by atoms with Crippen LogP contribution in [0.3, 0.4) is 0 Å². The fraction of sp³-hybridized carbons (Fsp3) is 0.125. The van der Waals surface area contributed by atoms with Gasteiger partial charge in [-0.2, -0.15) is 0 Å². The molecule has 10 heteroatoms. The van der Waals surface area contributed by atoms with Gasteiger partial charge in [0.05, 0.1) is 28.2 Å². The summed E-state index contributed by atoms with van der Waals surface area (Å²) in [6.45, 7) is 0.992. The number of amides is 1. The lowest BCUT2D eigenvalue weighted by molar-refractivity contribution is 0.0964. The molecular weight excluding hydrogens is 558 g/mol. The van der Waals surface area contributed by atoms with Crippen molar-refractivity contribution in [3.63, 3.8) is 0 Å². The standard InChI is InChI=1S/C32H24F2N4O3S/c1-35-32(40)30-22-14-20(25(36(2)42)16-28(22)41-31(30)17-6-8-19(33)9-7-17)18-12-26-27-15-21-23(34)4-3-5-24(21)37(27)10-11-38(26)29(39)13-18/h3-9,12-16,42H,10-11H2,1-2H3,(H,35,40). The predicted molar refractivity (Wildman–Crippen MR) is 163 cm³/mol. The SMILES string of the molecule is CNC(=O)c1c(-c2ccc(F)cc2)oc2cc(N(C)S)c(-c3cc4n(c(=O)c3)CCn3c-4cc4c(F)cccc43)cc12. The molecule has 0 saturated heterocycles. The van der Waals surface area contributed by atoms with E-state index in [1.807, 2.05) is 22.8 Å². The van der Waals surface area contributed by atoms with Crippen LogP contribution in [-0.2, 0) is 13.1 Å². The molecule has 1 aliphatic rings. The molecule has 7 nitrogen and oxygen atoms in total. The molecule has 0 bridgehead atoms. The van der Waals surface area contributed by atoms with Crippen molar-refractivity contribution in [2.24, 2.45) is 0 Å². The van der Waals surface area contributed by atoms with Crippen LogP contribution in [0.1, 0.15) is 10.4 Å². The van der Waals surface area contributed by atoms with E-state index in [9.17, 15) is 18.4 Å². The van der Waals surface area contributed by atoms with Crippen molar-refractivity contribution in [2.45, 2.75) is 13.1 Å². The van der Waals surface area contributed by atoms with Crippen LogP contribution in [0.5, 0.6) is 0 Å². The van der Waals surface area contributed by atoms with E-state index in [1.165, 1.54) is 25.2 Å². The molecule has 0 aliphatic carbocycles. The molecule has 4 heterocycles. The normalized spacial score (nSPS) is 12.4. The number of hydrogen-bond donors (Lipinski definition) is 2.